The van der Waals surface area contributed by atoms with E-state index in [2.05, 4.69) is 35.3 Å². The molecule has 0 atom stereocenters. The Labute approximate surface area is 78.0 Å². The van der Waals surface area contributed by atoms with E-state index in [1.165, 1.54) is 30.2 Å². The lowest BCUT2D eigenvalue weighted by atomic mass is 10.1. The Balaban J connectivity index is 2.26. The lowest BCUT2D eigenvalue weighted by Gasteiger charge is -1.98. The molecule has 68 valence electrons. The molecule has 2 rings (SSSR count). The highest BCUT2D eigenvalue weighted by Gasteiger charge is 1.96. The molecule has 2 heteroatoms. The van der Waals surface area contributed by atoms with Gasteiger partial charge >= 0.3 is 0 Å². The third-order valence-electron chi connectivity index (χ3n) is 2.33. The highest BCUT2D eigenvalue weighted by molar-refractivity contribution is 5.78. The molecular weight excluding hydrogens is 160 g/mol. The summed E-state index contributed by atoms with van der Waals surface area (Å²) in [4.78, 5) is 0. The molecule has 2 aromatic rings. The van der Waals surface area contributed by atoms with Gasteiger partial charge in [-0.15, -0.1) is 0 Å². The number of aromatic amines is 1. The number of unbranched alkanes of at least 4 members (excludes halogenated alkanes) is 1. The van der Waals surface area contributed by atoms with E-state index >= 15 is 0 Å². The fourth-order valence-corrected chi connectivity index (χ4v) is 1.52. The fraction of sp³-hybridized carbons (Fsp3) is 0.364. The molecule has 1 heterocycles. The maximum Gasteiger partial charge on any atom is 0.0653 e. The Morgan fingerprint density at radius 2 is 2.31 bits per heavy atom. The molecular formula is C11H14N2. The summed E-state index contributed by atoms with van der Waals surface area (Å²) in [6, 6.07) is 6.51. The lowest BCUT2D eigenvalue weighted by molar-refractivity contribution is 0.796. The molecule has 0 fully saturated rings. The molecule has 13 heavy (non-hydrogen) atoms. The van der Waals surface area contributed by atoms with Gasteiger partial charge in [-0.05, 0) is 24.5 Å². The topological polar surface area (TPSA) is 28.7 Å². The van der Waals surface area contributed by atoms with E-state index in [9.17, 15) is 0 Å². The number of hydrogen-bond donors (Lipinski definition) is 1. The van der Waals surface area contributed by atoms with E-state index < -0.39 is 0 Å². The highest BCUT2D eigenvalue weighted by Crippen LogP contribution is 2.14. The first kappa shape index (κ1) is 8.30. The maximum atomic E-state index is 4.00. The molecule has 0 bridgehead atoms. The van der Waals surface area contributed by atoms with Gasteiger partial charge in [0.05, 0.1) is 11.7 Å². The van der Waals surface area contributed by atoms with Gasteiger partial charge < -0.3 is 0 Å². The number of hydrogen-bond acceptors (Lipinski definition) is 1. The van der Waals surface area contributed by atoms with Crippen molar-refractivity contribution in [3.8, 4) is 0 Å². The third kappa shape index (κ3) is 1.72. The van der Waals surface area contributed by atoms with Gasteiger partial charge in [0.25, 0.3) is 0 Å². The van der Waals surface area contributed by atoms with Gasteiger partial charge in [0.1, 0.15) is 0 Å². The number of benzene rings is 1. The fourth-order valence-electron chi connectivity index (χ4n) is 1.52. The Bertz CT molecular complexity index is 390. The van der Waals surface area contributed by atoms with Crippen molar-refractivity contribution < 1.29 is 0 Å². The average Bonchev–Trinajstić information content (AvgIpc) is 2.61. The van der Waals surface area contributed by atoms with Gasteiger partial charge in [-0.2, -0.15) is 5.10 Å². The Hall–Kier alpha value is -1.31. The second kappa shape index (κ2) is 3.60. The van der Waals surface area contributed by atoms with Crippen molar-refractivity contribution in [3.05, 3.63) is 30.0 Å². The van der Waals surface area contributed by atoms with Crippen LogP contribution >= 0.6 is 0 Å². The van der Waals surface area contributed by atoms with Crippen molar-refractivity contribution in [2.75, 3.05) is 0 Å². The summed E-state index contributed by atoms with van der Waals surface area (Å²) in [5.41, 5.74) is 2.55. The zero-order valence-electron chi connectivity index (χ0n) is 7.88. The van der Waals surface area contributed by atoms with Crippen LogP contribution in [0.3, 0.4) is 0 Å². The summed E-state index contributed by atoms with van der Waals surface area (Å²) in [6.45, 7) is 2.22. The number of aryl methyl sites for hydroxylation is 1. The minimum Gasteiger partial charge on any atom is -0.278 e. The molecule has 0 amide bonds. The van der Waals surface area contributed by atoms with Gasteiger partial charge in [-0.3, -0.25) is 5.10 Å². The second-order valence-electron chi connectivity index (χ2n) is 3.40. The summed E-state index contributed by atoms with van der Waals surface area (Å²) in [6.07, 6.45) is 5.55. The Morgan fingerprint density at radius 3 is 3.15 bits per heavy atom. The SMILES string of the molecule is CCCCc1ccc2cn[nH]c2c1. The molecule has 0 aliphatic rings. The Kier molecular flexibility index (Phi) is 2.30. The van der Waals surface area contributed by atoms with Crippen molar-refractivity contribution in [1.29, 1.82) is 0 Å². The zero-order valence-corrected chi connectivity index (χ0v) is 7.88. The smallest absolute Gasteiger partial charge is 0.0653 e. The van der Waals surface area contributed by atoms with Crippen LogP contribution < -0.4 is 0 Å². The normalized spacial score (nSPS) is 10.8. The third-order valence-corrected chi connectivity index (χ3v) is 2.33. The number of nitrogens with zero attached hydrogens (tertiary/aromatic N) is 1. The van der Waals surface area contributed by atoms with Gasteiger partial charge in [0.2, 0.25) is 0 Å². The van der Waals surface area contributed by atoms with E-state index in [1.54, 1.807) is 0 Å². The first-order valence-corrected chi connectivity index (χ1v) is 4.82. The van der Waals surface area contributed by atoms with E-state index in [-0.39, 0.29) is 0 Å². The van der Waals surface area contributed by atoms with Crippen LogP contribution in [0.15, 0.2) is 24.4 Å². The van der Waals surface area contributed by atoms with E-state index in [4.69, 9.17) is 0 Å². The van der Waals surface area contributed by atoms with Crippen LogP contribution in [0.1, 0.15) is 25.3 Å². The molecule has 0 unspecified atom stereocenters. The Morgan fingerprint density at radius 1 is 1.38 bits per heavy atom. The molecule has 0 saturated carbocycles. The van der Waals surface area contributed by atoms with Gasteiger partial charge in [0.15, 0.2) is 0 Å². The molecule has 0 saturated heterocycles. The van der Waals surface area contributed by atoms with Crippen LogP contribution in [0.2, 0.25) is 0 Å². The number of rotatable bonds is 3. The molecule has 1 aromatic carbocycles. The highest BCUT2D eigenvalue weighted by atomic mass is 15.1. The molecule has 0 aliphatic carbocycles. The number of H-pyrrole nitrogens is 1. The van der Waals surface area contributed by atoms with Crippen molar-refractivity contribution in [3.63, 3.8) is 0 Å². The van der Waals surface area contributed by atoms with E-state index in [0.29, 0.717) is 0 Å². The molecule has 1 N–H and O–H groups in total. The van der Waals surface area contributed by atoms with Crippen LogP contribution in [0.4, 0.5) is 0 Å². The molecule has 0 aliphatic heterocycles. The largest absolute Gasteiger partial charge is 0.278 e. The standard InChI is InChI=1S/C11H14N2/c1-2-3-4-9-5-6-10-8-12-13-11(10)7-9/h5-8H,2-4H2,1H3,(H,12,13). The monoisotopic (exact) mass is 174 g/mol. The number of fused-ring (bicyclic) bond motifs is 1. The summed E-state index contributed by atoms with van der Waals surface area (Å²) < 4.78 is 0. The predicted molar refractivity (Wildman–Crippen MR) is 54.7 cm³/mol. The summed E-state index contributed by atoms with van der Waals surface area (Å²) in [7, 11) is 0. The first-order valence-electron chi connectivity index (χ1n) is 4.82. The second-order valence-corrected chi connectivity index (χ2v) is 3.40. The van der Waals surface area contributed by atoms with Crippen molar-refractivity contribution in [1.82, 2.24) is 10.2 Å². The molecule has 0 spiro atoms. The molecule has 2 nitrogen and oxygen atoms in total. The van der Waals surface area contributed by atoms with Gasteiger partial charge in [-0.1, -0.05) is 25.5 Å². The van der Waals surface area contributed by atoms with Crippen molar-refractivity contribution >= 4 is 10.9 Å². The lowest BCUT2D eigenvalue weighted by Crippen LogP contribution is -1.83. The number of nitrogens with one attached hydrogen (secondary N) is 1. The summed E-state index contributed by atoms with van der Waals surface area (Å²) in [5.74, 6) is 0. The first-order chi connectivity index (χ1) is 6.40. The van der Waals surface area contributed by atoms with Crippen LogP contribution in [0.25, 0.3) is 10.9 Å². The van der Waals surface area contributed by atoms with Crippen LogP contribution in [-0.2, 0) is 6.42 Å². The summed E-state index contributed by atoms with van der Waals surface area (Å²) >= 11 is 0. The van der Waals surface area contributed by atoms with E-state index in [1.807, 2.05) is 6.20 Å². The van der Waals surface area contributed by atoms with Crippen molar-refractivity contribution in [2.45, 2.75) is 26.2 Å². The van der Waals surface area contributed by atoms with Crippen LogP contribution in [0.5, 0.6) is 0 Å². The van der Waals surface area contributed by atoms with Crippen LogP contribution in [0, 0.1) is 0 Å². The minimum absolute atomic E-state index is 1.15. The van der Waals surface area contributed by atoms with Crippen LogP contribution in [-0.4, -0.2) is 10.2 Å². The zero-order chi connectivity index (χ0) is 9.10. The average molecular weight is 174 g/mol. The molecule has 0 radical (unpaired) electrons. The maximum absolute atomic E-state index is 4.00. The van der Waals surface area contributed by atoms with Gasteiger partial charge in [0, 0.05) is 5.39 Å². The molecule has 1 aromatic heterocycles. The summed E-state index contributed by atoms with van der Waals surface area (Å²) in [5, 5.41) is 8.18. The number of aromatic nitrogens is 2. The van der Waals surface area contributed by atoms with E-state index in [0.717, 1.165) is 5.52 Å². The quantitative estimate of drug-likeness (QED) is 0.761. The van der Waals surface area contributed by atoms with Gasteiger partial charge in [-0.25, -0.2) is 0 Å². The van der Waals surface area contributed by atoms with Crippen molar-refractivity contribution in [2.24, 2.45) is 0 Å². The minimum atomic E-state index is 1.15. The predicted octanol–water partition coefficient (Wildman–Crippen LogP) is 2.91.